The van der Waals surface area contributed by atoms with Gasteiger partial charge in [0.1, 0.15) is 5.75 Å². The van der Waals surface area contributed by atoms with Crippen LogP contribution in [0.4, 0.5) is 0 Å². The maximum absolute atomic E-state index is 11.5. The summed E-state index contributed by atoms with van der Waals surface area (Å²) in [6.07, 6.45) is 1.75. The Bertz CT molecular complexity index is 432. The molecule has 0 saturated carbocycles. The standard InChI is InChI=1S/C14H20N2O3/c1-11(17)12-5-4-6-13(9-12)19-10-14(18)16-8-3-2-7-15/h4-6,9H,2-3,7-8,10,15H2,1H3,(H,16,18). The van der Waals surface area contributed by atoms with Crippen LogP contribution in [-0.2, 0) is 4.79 Å². The van der Waals surface area contributed by atoms with E-state index < -0.39 is 0 Å². The third-order valence-corrected chi connectivity index (χ3v) is 2.56. The number of nitrogens with two attached hydrogens (primary N) is 1. The van der Waals surface area contributed by atoms with E-state index in [2.05, 4.69) is 5.32 Å². The highest BCUT2D eigenvalue weighted by molar-refractivity contribution is 5.94. The van der Waals surface area contributed by atoms with Crippen molar-refractivity contribution >= 4 is 11.7 Å². The zero-order valence-electron chi connectivity index (χ0n) is 11.1. The summed E-state index contributed by atoms with van der Waals surface area (Å²) in [5.41, 5.74) is 5.92. The molecule has 0 aliphatic heterocycles. The summed E-state index contributed by atoms with van der Waals surface area (Å²) in [6, 6.07) is 6.78. The lowest BCUT2D eigenvalue weighted by atomic mass is 10.1. The fourth-order valence-corrected chi connectivity index (χ4v) is 1.50. The van der Waals surface area contributed by atoms with Gasteiger partial charge in [-0.25, -0.2) is 0 Å². The van der Waals surface area contributed by atoms with E-state index in [0.29, 0.717) is 24.4 Å². The fraction of sp³-hybridized carbons (Fsp3) is 0.429. The Balaban J connectivity index is 2.33. The number of hydrogen-bond acceptors (Lipinski definition) is 4. The van der Waals surface area contributed by atoms with Gasteiger partial charge in [0, 0.05) is 12.1 Å². The van der Waals surface area contributed by atoms with Gasteiger partial charge in [0.25, 0.3) is 5.91 Å². The summed E-state index contributed by atoms with van der Waals surface area (Å²) in [7, 11) is 0. The van der Waals surface area contributed by atoms with Crippen LogP contribution in [0.25, 0.3) is 0 Å². The van der Waals surface area contributed by atoms with Gasteiger partial charge in [-0.05, 0) is 38.4 Å². The second-order valence-corrected chi connectivity index (χ2v) is 4.22. The number of amides is 1. The van der Waals surface area contributed by atoms with E-state index in [4.69, 9.17) is 10.5 Å². The lowest BCUT2D eigenvalue weighted by Crippen LogP contribution is -2.29. The maximum Gasteiger partial charge on any atom is 0.257 e. The number of ether oxygens (including phenoxy) is 1. The van der Waals surface area contributed by atoms with E-state index >= 15 is 0 Å². The molecule has 104 valence electrons. The molecule has 1 aromatic carbocycles. The Morgan fingerprint density at radius 2 is 2.11 bits per heavy atom. The Kier molecular flexibility index (Phi) is 6.60. The summed E-state index contributed by atoms with van der Waals surface area (Å²) < 4.78 is 5.33. The van der Waals surface area contributed by atoms with E-state index in [0.717, 1.165) is 12.8 Å². The molecule has 5 heteroatoms. The Labute approximate surface area is 113 Å². The Hall–Kier alpha value is -1.88. The number of hydrogen-bond donors (Lipinski definition) is 2. The van der Waals surface area contributed by atoms with Crippen molar-refractivity contribution in [3.05, 3.63) is 29.8 Å². The largest absolute Gasteiger partial charge is 0.484 e. The maximum atomic E-state index is 11.5. The van der Waals surface area contributed by atoms with Crippen molar-refractivity contribution in [3.8, 4) is 5.75 Å². The quantitative estimate of drug-likeness (QED) is 0.544. The first-order chi connectivity index (χ1) is 9.13. The minimum absolute atomic E-state index is 0.0308. The van der Waals surface area contributed by atoms with E-state index in [1.807, 2.05) is 0 Å². The van der Waals surface area contributed by atoms with Gasteiger partial charge in [0.05, 0.1) is 0 Å². The van der Waals surface area contributed by atoms with Crippen LogP contribution in [0.1, 0.15) is 30.1 Å². The summed E-state index contributed by atoms with van der Waals surface area (Å²) in [5.74, 6) is 0.312. The number of nitrogens with one attached hydrogen (secondary N) is 1. The van der Waals surface area contributed by atoms with Crippen LogP contribution in [0.2, 0.25) is 0 Å². The molecule has 0 spiro atoms. The van der Waals surface area contributed by atoms with Gasteiger partial charge < -0.3 is 15.8 Å². The molecular weight excluding hydrogens is 244 g/mol. The highest BCUT2D eigenvalue weighted by Gasteiger charge is 2.04. The minimum Gasteiger partial charge on any atom is -0.484 e. The molecule has 0 aliphatic carbocycles. The van der Waals surface area contributed by atoms with Crippen molar-refractivity contribution in [3.63, 3.8) is 0 Å². The number of carbonyl (C=O) groups excluding carboxylic acids is 2. The molecule has 1 aromatic rings. The zero-order valence-corrected chi connectivity index (χ0v) is 11.1. The van der Waals surface area contributed by atoms with Crippen molar-refractivity contribution in [2.45, 2.75) is 19.8 Å². The molecule has 0 heterocycles. The predicted molar refractivity (Wildman–Crippen MR) is 73.2 cm³/mol. The summed E-state index contributed by atoms with van der Waals surface area (Å²) in [5, 5.41) is 2.74. The monoisotopic (exact) mass is 264 g/mol. The average Bonchev–Trinajstić information content (AvgIpc) is 2.41. The topological polar surface area (TPSA) is 81.4 Å². The third-order valence-electron chi connectivity index (χ3n) is 2.56. The Morgan fingerprint density at radius 1 is 1.32 bits per heavy atom. The first kappa shape index (κ1) is 15.2. The molecule has 0 aromatic heterocycles. The lowest BCUT2D eigenvalue weighted by molar-refractivity contribution is -0.123. The summed E-state index contributed by atoms with van der Waals surface area (Å²) in [6.45, 7) is 2.67. The predicted octanol–water partition coefficient (Wildman–Crippen LogP) is 1.12. The molecular formula is C14H20N2O3. The van der Waals surface area contributed by atoms with Crippen LogP contribution in [0.15, 0.2) is 24.3 Å². The van der Waals surface area contributed by atoms with Crippen LogP contribution in [-0.4, -0.2) is 31.4 Å². The van der Waals surface area contributed by atoms with Crippen molar-refractivity contribution in [2.24, 2.45) is 5.73 Å². The van der Waals surface area contributed by atoms with E-state index in [1.165, 1.54) is 6.92 Å². The highest BCUT2D eigenvalue weighted by atomic mass is 16.5. The molecule has 19 heavy (non-hydrogen) atoms. The first-order valence-electron chi connectivity index (χ1n) is 6.34. The number of ketones is 1. The normalized spacial score (nSPS) is 10.0. The van der Waals surface area contributed by atoms with Crippen LogP contribution >= 0.6 is 0 Å². The molecule has 1 amide bonds. The molecule has 0 unspecified atom stereocenters. The van der Waals surface area contributed by atoms with Gasteiger partial charge in [-0.2, -0.15) is 0 Å². The van der Waals surface area contributed by atoms with Crippen molar-refractivity contribution < 1.29 is 14.3 Å². The minimum atomic E-state index is -0.176. The molecule has 5 nitrogen and oxygen atoms in total. The number of rotatable bonds is 8. The second kappa shape index (κ2) is 8.26. The van der Waals surface area contributed by atoms with Gasteiger partial charge in [0.2, 0.25) is 0 Å². The van der Waals surface area contributed by atoms with E-state index in [1.54, 1.807) is 24.3 Å². The Morgan fingerprint density at radius 3 is 2.79 bits per heavy atom. The number of Topliss-reactive ketones (excluding diaryl/α,β-unsaturated/α-hetero) is 1. The molecule has 0 aliphatic rings. The third kappa shape index (κ3) is 6.01. The van der Waals surface area contributed by atoms with Crippen LogP contribution in [0.5, 0.6) is 5.75 Å². The zero-order chi connectivity index (χ0) is 14.1. The highest BCUT2D eigenvalue weighted by Crippen LogP contribution is 2.13. The van der Waals surface area contributed by atoms with Gasteiger partial charge in [-0.1, -0.05) is 12.1 Å². The average molecular weight is 264 g/mol. The summed E-state index contributed by atoms with van der Waals surface area (Å²) in [4.78, 5) is 22.7. The summed E-state index contributed by atoms with van der Waals surface area (Å²) >= 11 is 0. The smallest absolute Gasteiger partial charge is 0.257 e. The van der Waals surface area contributed by atoms with Crippen LogP contribution in [0, 0.1) is 0 Å². The van der Waals surface area contributed by atoms with E-state index in [-0.39, 0.29) is 18.3 Å². The van der Waals surface area contributed by atoms with Gasteiger partial charge >= 0.3 is 0 Å². The lowest BCUT2D eigenvalue weighted by Gasteiger charge is -2.08. The molecule has 0 radical (unpaired) electrons. The van der Waals surface area contributed by atoms with Crippen molar-refractivity contribution in [1.82, 2.24) is 5.32 Å². The first-order valence-corrected chi connectivity index (χ1v) is 6.34. The van der Waals surface area contributed by atoms with Crippen LogP contribution in [0.3, 0.4) is 0 Å². The van der Waals surface area contributed by atoms with E-state index in [9.17, 15) is 9.59 Å². The van der Waals surface area contributed by atoms with Gasteiger partial charge in [0.15, 0.2) is 12.4 Å². The molecule has 1 rings (SSSR count). The number of carbonyl (C=O) groups is 2. The van der Waals surface area contributed by atoms with Crippen molar-refractivity contribution in [1.29, 1.82) is 0 Å². The second-order valence-electron chi connectivity index (χ2n) is 4.22. The van der Waals surface area contributed by atoms with Crippen molar-refractivity contribution in [2.75, 3.05) is 19.7 Å². The number of unbranched alkanes of at least 4 members (excludes halogenated alkanes) is 1. The molecule has 0 saturated heterocycles. The fourth-order valence-electron chi connectivity index (χ4n) is 1.50. The van der Waals surface area contributed by atoms with Crippen LogP contribution < -0.4 is 15.8 Å². The molecule has 0 bridgehead atoms. The number of benzene rings is 1. The van der Waals surface area contributed by atoms with Gasteiger partial charge in [-0.15, -0.1) is 0 Å². The molecule has 0 fully saturated rings. The SMILES string of the molecule is CC(=O)c1cccc(OCC(=O)NCCCCN)c1. The molecule has 3 N–H and O–H groups in total. The molecule has 0 atom stereocenters. The van der Waals surface area contributed by atoms with Gasteiger partial charge in [-0.3, -0.25) is 9.59 Å².